The third-order valence-corrected chi connectivity index (χ3v) is 6.50. The van der Waals surface area contributed by atoms with E-state index in [9.17, 15) is 10.1 Å². The van der Waals surface area contributed by atoms with Crippen molar-refractivity contribution >= 4 is 0 Å². The number of allylic oxidation sites excluding steroid dienone is 1. The van der Waals surface area contributed by atoms with Gasteiger partial charge in [0.2, 0.25) is 0 Å². The summed E-state index contributed by atoms with van der Waals surface area (Å²) in [5.74, 6) is 0. The van der Waals surface area contributed by atoms with Gasteiger partial charge in [0.25, 0.3) is 5.09 Å². The van der Waals surface area contributed by atoms with Crippen LogP contribution in [-0.2, 0) is 10.3 Å². The number of hydrogen-bond acceptors (Lipinski definition) is 4. The van der Waals surface area contributed by atoms with Gasteiger partial charge >= 0.3 is 0 Å². The molecule has 2 aliphatic carbocycles. The third-order valence-electron chi connectivity index (χ3n) is 6.50. The molecule has 1 fully saturated rings. The molecule has 5 nitrogen and oxygen atoms in total. The summed E-state index contributed by atoms with van der Waals surface area (Å²) in [6.45, 7) is 6.97. The number of nitrogens with zero attached hydrogens (tertiary/aromatic N) is 1. The minimum atomic E-state index is -0.647. The maximum atomic E-state index is 11.0. The van der Waals surface area contributed by atoms with Gasteiger partial charge in [0.15, 0.2) is 0 Å². The molecule has 142 valence electrons. The molecule has 0 heterocycles. The van der Waals surface area contributed by atoms with E-state index in [0.717, 1.165) is 25.7 Å². The Morgan fingerprint density at radius 3 is 2.50 bits per heavy atom. The highest BCUT2D eigenvalue weighted by atomic mass is 17.0. The normalized spacial score (nSPS) is 34.7. The first-order valence-corrected chi connectivity index (χ1v) is 9.52. The predicted molar refractivity (Wildman–Crippen MR) is 102 cm³/mol. The molecule has 1 saturated carbocycles. The summed E-state index contributed by atoms with van der Waals surface area (Å²) < 4.78 is 0. The number of fused-ring (bicyclic) bond motifs is 2. The Morgan fingerprint density at radius 1 is 1.23 bits per heavy atom. The van der Waals surface area contributed by atoms with Crippen molar-refractivity contribution in [2.24, 2.45) is 16.6 Å². The van der Waals surface area contributed by atoms with Gasteiger partial charge in [-0.15, -0.1) is 10.1 Å². The van der Waals surface area contributed by atoms with Crippen molar-refractivity contribution < 1.29 is 9.92 Å². The molecule has 0 saturated heterocycles. The summed E-state index contributed by atoms with van der Waals surface area (Å²) in [5.41, 5.74) is 8.69. The topological polar surface area (TPSA) is 78.4 Å². The lowest BCUT2D eigenvalue weighted by atomic mass is 9.51. The van der Waals surface area contributed by atoms with E-state index >= 15 is 0 Å². The van der Waals surface area contributed by atoms with Crippen LogP contribution in [0.4, 0.5) is 0 Å². The highest BCUT2D eigenvalue weighted by molar-refractivity contribution is 5.34. The summed E-state index contributed by atoms with van der Waals surface area (Å²) >= 11 is 0. The van der Waals surface area contributed by atoms with Crippen LogP contribution in [0.25, 0.3) is 0 Å². The lowest BCUT2D eigenvalue weighted by molar-refractivity contribution is -0.772. The number of benzene rings is 1. The van der Waals surface area contributed by atoms with E-state index in [1.54, 1.807) is 0 Å². The summed E-state index contributed by atoms with van der Waals surface area (Å²) in [6.07, 6.45) is 6.24. The Kier molecular flexibility index (Phi) is 4.86. The molecule has 4 unspecified atom stereocenters. The number of nitrogens with two attached hydrogens (primary N) is 1. The third kappa shape index (κ3) is 3.37. The smallest absolute Gasteiger partial charge is 0.294 e. The maximum absolute atomic E-state index is 11.0. The average Bonchev–Trinajstić information content (AvgIpc) is 2.59. The Labute approximate surface area is 155 Å². The van der Waals surface area contributed by atoms with Crippen molar-refractivity contribution in [3.63, 3.8) is 0 Å². The Balaban J connectivity index is 1.99. The molecule has 0 radical (unpaired) electrons. The second kappa shape index (κ2) is 6.69. The van der Waals surface area contributed by atoms with E-state index in [2.05, 4.69) is 44.2 Å². The van der Waals surface area contributed by atoms with Crippen LogP contribution >= 0.6 is 0 Å². The maximum Gasteiger partial charge on any atom is 0.294 e. The van der Waals surface area contributed by atoms with Crippen LogP contribution < -0.4 is 5.73 Å². The molecular formula is C21H30N2O3. The van der Waals surface area contributed by atoms with Gasteiger partial charge in [-0.05, 0) is 55.0 Å². The molecular weight excluding hydrogens is 328 g/mol. The first kappa shape index (κ1) is 18.9. The zero-order valence-corrected chi connectivity index (χ0v) is 16.0. The van der Waals surface area contributed by atoms with Crippen molar-refractivity contribution in [2.45, 2.75) is 64.4 Å². The number of hydrogen-bond donors (Lipinski definition) is 1. The summed E-state index contributed by atoms with van der Waals surface area (Å²) in [4.78, 5) is 16.0. The second-order valence-corrected chi connectivity index (χ2v) is 8.87. The van der Waals surface area contributed by atoms with Crippen molar-refractivity contribution in [2.75, 3.05) is 6.54 Å². The molecule has 2 N–H and O–H groups in total. The zero-order valence-electron chi connectivity index (χ0n) is 16.0. The summed E-state index contributed by atoms with van der Waals surface area (Å²) in [7, 11) is 0. The van der Waals surface area contributed by atoms with E-state index in [-0.39, 0.29) is 16.2 Å². The van der Waals surface area contributed by atoms with Gasteiger partial charge in [0.1, 0.15) is 6.10 Å². The zero-order chi connectivity index (χ0) is 19.0. The van der Waals surface area contributed by atoms with Crippen LogP contribution in [-0.4, -0.2) is 17.7 Å². The fraction of sp³-hybridized carbons (Fsp3) is 0.619. The molecule has 26 heavy (non-hydrogen) atoms. The monoisotopic (exact) mass is 358 g/mol. The molecule has 0 amide bonds. The van der Waals surface area contributed by atoms with E-state index in [0.29, 0.717) is 13.0 Å². The van der Waals surface area contributed by atoms with Crippen molar-refractivity contribution in [1.82, 2.24) is 0 Å². The number of rotatable bonds is 6. The molecule has 4 atom stereocenters. The van der Waals surface area contributed by atoms with Gasteiger partial charge in [-0.3, -0.25) is 0 Å². The Hall–Kier alpha value is -1.88. The standard InChI is InChI=1S/C21H30N2O3/c1-4-18(26-23(24)25)20(3)11-16-10-19(2,17-8-6-5-7-9-17)13-21(12-16,14-20)15-22/h5-9,11,18H,4,10,12-15,22H2,1-3H3. The highest BCUT2D eigenvalue weighted by Crippen LogP contribution is 2.59. The van der Waals surface area contributed by atoms with Gasteiger partial charge in [0, 0.05) is 5.41 Å². The van der Waals surface area contributed by atoms with Crippen molar-refractivity contribution in [3.8, 4) is 0 Å². The van der Waals surface area contributed by atoms with Crippen molar-refractivity contribution in [1.29, 1.82) is 0 Å². The van der Waals surface area contributed by atoms with Gasteiger partial charge in [-0.25, -0.2) is 0 Å². The molecule has 2 aliphatic rings. The van der Waals surface area contributed by atoms with E-state index in [1.807, 2.05) is 13.0 Å². The van der Waals surface area contributed by atoms with Crippen LogP contribution in [0.3, 0.4) is 0 Å². The van der Waals surface area contributed by atoms with Gasteiger partial charge in [0.05, 0.1) is 0 Å². The fourth-order valence-corrected chi connectivity index (χ4v) is 5.78. The molecule has 3 rings (SSSR count). The molecule has 0 spiro atoms. The van der Waals surface area contributed by atoms with Crippen LogP contribution in [0.1, 0.15) is 58.4 Å². The molecule has 0 aromatic heterocycles. The molecule has 1 aromatic carbocycles. The first-order chi connectivity index (χ1) is 12.2. The second-order valence-electron chi connectivity index (χ2n) is 8.87. The first-order valence-electron chi connectivity index (χ1n) is 9.52. The van der Waals surface area contributed by atoms with Crippen molar-refractivity contribution in [3.05, 3.63) is 57.7 Å². The Morgan fingerprint density at radius 2 is 1.92 bits per heavy atom. The van der Waals surface area contributed by atoms with E-state index < -0.39 is 11.2 Å². The molecule has 0 aliphatic heterocycles. The minimum absolute atomic E-state index is 0.0327. The van der Waals surface area contributed by atoms with Gasteiger partial charge < -0.3 is 10.6 Å². The molecule has 5 heteroatoms. The highest BCUT2D eigenvalue weighted by Gasteiger charge is 2.52. The quantitative estimate of drug-likeness (QED) is 0.464. The minimum Gasteiger partial charge on any atom is -0.330 e. The van der Waals surface area contributed by atoms with E-state index in [4.69, 9.17) is 10.6 Å². The lowest BCUT2D eigenvalue weighted by Crippen LogP contribution is -2.51. The van der Waals surface area contributed by atoms with Crippen LogP contribution in [0.2, 0.25) is 0 Å². The fourth-order valence-electron chi connectivity index (χ4n) is 5.78. The molecule has 1 aromatic rings. The van der Waals surface area contributed by atoms with E-state index in [1.165, 1.54) is 11.1 Å². The summed E-state index contributed by atoms with van der Waals surface area (Å²) in [6, 6.07) is 10.6. The van der Waals surface area contributed by atoms with Gasteiger partial charge in [-0.1, -0.05) is 62.8 Å². The molecule has 2 bridgehead atoms. The Bertz CT molecular complexity index is 704. The average molecular weight is 358 g/mol. The largest absolute Gasteiger partial charge is 0.330 e. The van der Waals surface area contributed by atoms with Crippen LogP contribution in [0.5, 0.6) is 0 Å². The summed E-state index contributed by atoms with van der Waals surface area (Å²) in [5, 5.41) is 10.3. The SMILES string of the molecule is CCC(O[N+](=O)[O-])C1(C)C=C2CC(CN)(CC(C)(c3ccccc3)C2)C1. The van der Waals surface area contributed by atoms with Gasteiger partial charge in [-0.2, -0.15) is 0 Å². The lowest BCUT2D eigenvalue weighted by Gasteiger charge is -2.55. The van der Waals surface area contributed by atoms with Crippen LogP contribution in [0.15, 0.2) is 42.0 Å². The predicted octanol–water partition coefficient (Wildman–Crippen LogP) is 4.40. The van der Waals surface area contributed by atoms with Crippen LogP contribution in [0, 0.1) is 20.9 Å².